The van der Waals surface area contributed by atoms with Gasteiger partial charge in [0.05, 0.1) is 7.11 Å². The molecule has 0 aliphatic carbocycles. The van der Waals surface area contributed by atoms with E-state index in [0.717, 1.165) is 18.5 Å². The number of hydrogen-bond donors (Lipinski definition) is 1. The van der Waals surface area contributed by atoms with Crippen molar-refractivity contribution in [3.8, 4) is 5.75 Å². The molecule has 0 fully saturated rings. The highest BCUT2D eigenvalue weighted by molar-refractivity contribution is 5.54. The summed E-state index contributed by atoms with van der Waals surface area (Å²) >= 11 is 0. The zero-order valence-electron chi connectivity index (χ0n) is 11.6. The van der Waals surface area contributed by atoms with Gasteiger partial charge in [0.25, 0.3) is 0 Å². The van der Waals surface area contributed by atoms with Crippen LogP contribution in [0.15, 0.2) is 23.8 Å². The standard InChI is InChI=1S/C15H22FNO/c1-5-8-17-12(3)11(2)9-13-6-7-15(18-4)14(16)10-13/h6-7,9-10,12,17H,5,8H2,1-4H3/b11-9+. The molecular weight excluding hydrogens is 229 g/mol. The first-order chi connectivity index (χ1) is 8.58. The Morgan fingerprint density at radius 1 is 1.50 bits per heavy atom. The van der Waals surface area contributed by atoms with Crippen molar-refractivity contribution in [3.05, 3.63) is 35.2 Å². The van der Waals surface area contributed by atoms with Crippen molar-refractivity contribution in [2.45, 2.75) is 33.2 Å². The van der Waals surface area contributed by atoms with Crippen LogP contribution in [-0.2, 0) is 0 Å². The summed E-state index contributed by atoms with van der Waals surface area (Å²) in [6, 6.07) is 5.31. The smallest absolute Gasteiger partial charge is 0.165 e. The molecule has 0 aromatic heterocycles. The maximum Gasteiger partial charge on any atom is 0.165 e. The van der Waals surface area contributed by atoms with Gasteiger partial charge >= 0.3 is 0 Å². The minimum Gasteiger partial charge on any atom is -0.494 e. The molecule has 0 spiro atoms. The van der Waals surface area contributed by atoms with Crippen molar-refractivity contribution in [1.82, 2.24) is 5.32 Å². The first-order valence-corrected chi connectivity index (χ1v) is 6.33. The molecule has 0 aliphatic rings. The van der Waals surface area contributed by atoms with Gasteiger partial charge in [-0.1, -0.05) is 24.6 Å². The minimum absolute atomic E-state index is 0.280. The average molecular weight is 251 g/mol. The number of rotatable bonds is 6. The average Bonchev–Trinajstić information content (AvgIpc) is 2.36. The molecule has 2 nitrogen and oxygen atoms in total. The number of benzene rings is 1. The van der Waals surface area contributed by atoms with Gasteiger partial charge in [-0.2, -0.15) is 0 Å². The lowest BCUT2D eigenvalue weighted by atomic mass is 10.1. The van der Waals surface area contributed by atoms with Gasteiger partial charge in [0, 0.05) is 6.04 Å². The molecule has 0 saturated heterocycles. The van der Waals surface area contributed by atoms with Crippen LogP contribution in [0.25, 0.3) is 6.08 Å². The number of nitrogens with one attached hydrogen (secondary N) is 1. The Labute approximate surface area is 109 Å². The van der Waals surface area contributed by atoms with Crippen LogP contribution in [0, 0.1) is 5.82 Å². The van der Waals surface area contributed by atoms with E-state index in [1.807, 2.05) is 12.1 Å². The monoisotopic (exact) mass is 251 g/mol. The quantitative estimate of drug-likeness (QED) is 0.833. The molecule has 18 heavy (non-hydrogen) atoms. The van der Waals surface area contributed by atoms with Gasteiger partial charge in [0.15, 0.2) is 11.6 Å². The normalized spacial score (nSPS) is 13.5. The van der Waals surface area contributed by atoms with Gasteiger partial charge in [-0.15, -0.1) is 0 Å². The minimum atomic E-state index is -0.326. The van der Waals surface area contributed by atoms with Crippen LogP contribution >= 0.6 is 0 Å². The second-order valence-electron chi connectivity index (χ2n) is 4.46. The van der Waals surface area contributed by atoms with Crippen LogP contribution in [0.3, 0.4) is 0 Å². The Hall–Kier alpha value is -1.35. The summed E-state index contributed by atoms with van der Waals surface area (Å²) < 4.78 is 18.4. The van der Waals surface area contributed by atoms with E-state index in [-0.39, 0.29) is 11.6 Å². The van der Waals surface area contributed by atoms with Crippen molar-refractivity contribution < 1.29 is 9.13 Å². The summed E-state index contributed by atoms with van der Waals surface area (Å²) in [6.07, 6.45) is 3.10. The van der Waals surface area contributed by atoms with Crippen molar-refractivity contribution in [2.75, 3.05) is 13.7 Å². The zero-order chi connectivity index (χ0) is 13.5. The molecule has 1 atom stereocenters. The highest BCUT2D eigenvalue weighted by Crippen LogP contribution is 2.19. The fourth-order valence-corrected chi connectivity index (χ4v) is 1.68. The molecule has 0 heterocycles. The molecule has 1 N–H and O–H groups in total. The fourth-order valence-electron chi connectivity index (χ4n) is 1.68. The molecule has 3 heteroatoms. The maximum atomic E-state index is 13.5. The van der Waals surface area contributed by atoms with Gasteiger partial charge in [-0.3, -0.25) is 0 Å². The molecule has 1 rings (SSSR count). The summed E-state index contributed by atoms with van der Waals surface area (Å²) in [6.45, 7) is 7.29. The van der Waals surface area contributed by atoms with Crippen LogP contribution in [-0.4, -0.2) is 19.7 Å². The molecule has 1 aromatic rings. The topological polar surface area (TPSA) is 21.3 Å². The Balaban J connectivity index is 2.78. The lowest BCUT2D eigenvalue weighted by Crippen LogP contribution is -2.27. The van der Waals surface area contributed by atoms with E-state index in [0.29, 0.717) is 6.04 Å². The molecule has 1 aromatic carbocycles. The number of hydrogen-bond acceptors (Lipinski definition) is 2. The third kappa shape index (κ3) is 4.15. The third-order valence-corrected chi connectivity index (χ3v) is 2.95. The highest BCUT2D eigenvalue weighted by atomic mass is 19.1. The first-order valence-electron chi connectivity index (χ1n) is 6.33. The second-order valence-corrected chi connectivity index (χ2v) is 4.46. The van der Waals surface area contributed by atoms with Gasteiger partial charge in [-0.25, -0.2) is 4.39 Å². The number of ether oxygens (including phenoxy) is 1. The van der Waals surface area contributed by atoms with E-state index >= 15 is 0 Å². The van der Waals surface area contributed by atoms with E-state index < -0.39 is 0 Å². The summed E-state index contributed by atoms with van der Waals surface area (Å²) in [7, 11) is 1.47. The van der Waals surface area contributed by atoms with Gasteiger partial charge < -0.3 is 10.1 Å². The largest absolute Gasteiger partial charge is 0.494 e. The third-order valence-electron chi connectivity index (χ3n) is 2.95. The second kappa shape index (κ2) is 7.17. The molecular formula is C15H22FNO. The predicted molar refractivity (Wildman–Crippen MR) is 74.4 cm³/mol. The Morgan fingerprint density at radius 3 is 2.78 bits per heavy atom. The summed E-state index contributed by atoms with van der Waals surface area (Å²) in [5, 5.41) is 3.40. The summed E-state index contributed by atoms with van der Waals surface area (Å²) in [5.41, 5.74) is 2.05. The molecule has 0 amide bonds. The zero-order valence-corrected chi connectivity index (χ0v) is 11.6. The summed E-state index contributed by atoms with van der Waals surface area (Å²) in [5.74, 6) is -0.0461. The van der Waals surface area contributed by atoms with Crippen molar-refractivity contribution in [1.29, 1.82) is 0 Å². The molecule has 100 valence electrons. The van der Waals surface area contributed by atoms with E-state index in [1.165, 1.54) is 18.7 Å². The lowest BCUT2D eigenvalue weighted by Gasteiger charge is -2.14. The van der Waals surface area contributed by atoms with Crippen molar-refractivity contribution in [3.63, 3.8) is 0 Å². The molecule has 0 saturated carbocycles. The lowest BCUT2D eigenvalue weighted by molar-refractivity contribution is 0.386. The van der Waals surface area contributed by atoms with E-state index in [2.05, 4.69) is 26.1 Å². The molecule has 1 unspecified atom stereocenters. The van der Waals surface area contributed by atoms with Crippen LogP contribution in [0.1, 0.15) is 32.8 Å². The maximum absolute atomic E-state index is 13.5. The predicted octanol–water partition coefficient (Wildman–Crippen LogP) is 3.63. The highest BCUT2D eigenvalue weighted by Gasteiger charge is 2.05. The van der Waals surface area contributed by atoms with Crippen LogP contribution < -0.4 is 10.1 Å². The summed E-state index contributed by atoms with van der Waals surface area (Å²) in [4.78, 5) is 0. The molecule has 0 aliphatic heterocycles. The van der Waals surface area contributed by atoms with E-state index in [4.69, 9.17) is 4.74 Å². The Bertz CT molecular complexity index is 415. The molecule has 0 bridgehead atoms. The van der Waals surface area contributed by atoms with E-state index in [1.54, 1.807) is 6.07 Å². The van der Waals surface area contributed by atoms with Gasteiger partial charge in [0.1, 0.15) is 0 Å². The van der Waals surface area contributed by atoms with Gasteiger partial charge in [-0.05, 0) is 44.5 Å². The van der Waals surface area contributed by atoms with Crippen molar-refractivity contribution >= 4 is 6.08 Å². The number of halogens is 1. The van der Waals surface area contributed by atoms with E-state index in [9.17, 15) is 4.39 Å². The van der Waals surface area contributed by atoms with Crippen LogP contribution in [0.5, 0.6) is 5.75 Å². The number of methoxy groups -OCH3 is 1. The fraction of sp³-hybridized carbons (Fsp3) is 0.467. The molecule has 0 radical (unpaired) electrons. The van der Waals surface area contributed by atoms with Crippen LogP contribution in [0.2, 0.25) is 0 Å². The first kappa shape index (κ1) is 14.7. The van der Waals surface area contributed by atoms with Gasteiger partial charge in [0.2, 0.25) is 0 Å². The Morgan fingerprint density at radius 2 is 2.22 bits per heavy atom. The SMILES string of the molecule is CCCNC(C)/C(C)=C/c1ccc(OC)c(F)c1. The Kier molecular flexibility index (Phi) is 5.86. The van der Waals surface area contributed by atoms with Crippen molar-refractivity contribution in [2.24, 2.45) is 0 Å². The van der Waals surface area contributed by atoms with Crippen LogP contribution in [0.4, 0.5) is 4.39 Å².